The molecule has 20 heavy (non-hydrogen) atoms. The van der Waals surface area contributed by atoms with Crippen molar-refractivity contribution in [1.29, 1.82) is 0 Å². The van der Waals surface area contributed by atoms with Crippen molar-refractivity contribution >= 4 is 7.75 Å². The quantitative estimate of drug-likeness (QED) is 0.593. The van der Waals surface area contributed by atoms with Crippen molar-refractivity contribution in [2.75, 3.05) is 19.8 Å². The molecule has 0 saturated carbocycles. The lowest BCUT2D eigenvalue weighted by molar-refractivity contribution is -0.166. The van der Waals surface area contributed by atoms with Crippen LogP contribution in [0, 0.1) is 0 Å². The molecular formula is C6H7F9NO3P. The Morgan fingerprint density at radius 2 is 1.10 bits per heavy atom. The smallest absolute Gasteiger partial charge is 0.287 e. The second-order valence-corrected chi connectivity index (χ2v) is 5.05. The first-order chi connectivity index (χ1) is 8.62. The molecule has 0 spiro atoms. The van der Waals surface area contributed by atoms with Crippen molar-refractivity contribution in [2.24, 2.45) is 0 Å². The third kappa shape index (κ3) is 11.3. The van der Waals surface area contributed by atoms with Gasteiger partial charge in [0.1, 0.15) is 6.54 Å². The zero-order valence-corrected chi connectivity index (χ0v) is 10.1. The van der Waals surface area contributed by atoms with Crippen molar-refractivity contribution in [3.8, 4) is 0 Å². The van der Waals surface area contributed by atoms with E-state index in [9.17, 15) is 44.1 Å². The van der Waals surface area contributed by atoms with Crippen LogP contribution in [-0.4, -0.2) is 38.3 Å². The van der Waals surface area contributed by atoms with Crippen LogP contribution in [0.2, 0.25) is 0 Å². The summed E-state index contributed by atoms with van der Waals surface area (Å²) in [5.41, 5.74) is 0. The molecule has 0 radical (unpaired) electrons. The molecule has 14 heteroatoms. The number of hydrogen-bond donors (Lipinski definition) is 1. The lowest BCUT2D eigenvalue weighted by Crippen LogP contribution is -2.31. The lowest BCUT2D eigenvalue weighted by atomic mass is 10.7. The fraction of sp³-hybridized carbons (Fsp3) is 1.00. The van der Waals surface area contributed by atoms with Gasteiger partial charge in [-0.15, -0.1) is 0 Å². The Morgan fingerprint density at radius 3 is 1.35 bits per heavy atom. The van der Waals surface area contributed by atoms with Crippen LogP contribution in [0.3, 0.4) is 0 Å². The molecule has 0 amide bonds. The Labute approximate surface area is 105 Å². The van der Waals surface area contributed by atoms with Crippen LogP contribution in [0.1, 0.15) is 0 Å². The third-order valence-electron chi connectivity index (χ3n) is 1.27. The van der Waals surface area contributed by atoms with E-state index in [-0.39, 0.29) is 0 Å². The maximum atomic E-state index is 11.8. The van der Waals surface area contributed by atoms with E-state index in [0.29, 0.717) is 0 Å². The number of rotatable bonds is 6. The van der Waals surface area contributed by atoms with E-state index in [0.717, 1.165) is 5.09 Å². The lowest BCUT2D eigenvalue weighted by Gasteiger charge is -2.21. The zero-order chi connectivity index (χ0) is 16.2. The van der Waals surface area contributed by atoms with Gasteiger partial charge in [-0.2, -0.15) is 39.5 Å². The minimum atomic E-state index is -5.42. The largest absolute Gasteiger partial charge is 0.412 e. The minimum Gasteiger partial charge on any atom is -0.287 e. The highest BCUT2D eigenvalue weighted by Crippen LogP contribution is 2.46. The van der Waals surface area contributed by atoms with Gasteiger partial charge in [0.25, 0.3) is 0 Å². The molecule has 0 saturated heterocycles. The zero-order valence-electron chi connectivity index (χ0n) is 9.19. The normalized spacial score (nSPS) is 14.7. The molecule has 0 aliphatic rings. The molecule has 0 atom stereocenters. The predicted molar refractivity (Wildman–Crippen MR) is 45.7 cm³/mol. The second kappa shape index (κ2) is 6.50. The molecule has 4 nitrogen and oxygen atoms in total. The van der Waals surface area contributed by atoms with Gasteiger partial charge in [-0.3, -0.25) is 9.05 Å². The van der Waals surface area contributed by atoms with E-state index in [1.54, 1.807) is 0 Å². The third-order valence-corrected chi connectivity index (χ3v) is 2.75. The summed E-state index contributed by atoms with van der Waals surface area (Å²) in [7, 11) is -5.42. The average molecular weight is 343 g/mol. The van der Waals surface area contributed by atoms with Gasteiger partial charge < -0.3 is 0 Å². The van der Waals surface area contributed by atoms with Crippen LogP contribution in [0.4, 0.5) is 39.5 Å². The predicted octanol–water partition coefficient (Wildman–Crippen LogP) is 3.40. The Bertz CT molecular complexity index is 297. The van der Waals surface area contributed by atoms with E-state index in [1.807, 2.05) is 0 Å². The molecule has 0 heterocycles. The van der Waals surface area contributed by atoms with E-state index in [4.69, 9.17) is 0 Å². The molecule has 0 rings (SSSR count). The molecular weight excluding hydrogens is 336 g/mol. The summed E-state index contributed by atoms with van der Waals surface area (Å²) >= 11 is 0. The summed E-state index contributed by atoms with van der Waals surface area (Å²) in [5.74, 6) is 0. The van der Waals surface area contributed by atoms with Crippen LogP contribution >= 0.6 is 7.75 Å². The van der Waals surface area contributed by atoms with Crippen LogP contribution in [-0.2, 0) is 13.6 Å². The number of hydrogen-bond acceptors (Lipinski definition) is 3. The van der Waals surface area contributed by atoms with Gasteiger partial charge in [0, 0.05) is 0 Å². The van der Waals surface area contributed by atoms with Crippen LogP contribution < -0.4 is 5.09 Å². The molecule has 0 fully saturated rings. The second-order valence-electron chi connectivity index (χ2n) is 3.22. The fourth-order valence-electron chi connectivity index (χ4n) is 0.631. The summed E-state index contributed by atoms with van der Waals surface area (Å²) < 4.78 is 124. The molecule has 1 N–H and O–H groups in total. The summed E-state index contributed by atoms with van der Waals surface area (Å²) in [4.78, 5) is 0. The molecule has 0 aromatic heterocycles. The Kier molecular flexibility index (Phi) is 6.33. The van der Waals surface area contributed by atoms with Gasteiger partial charge in [-0.05, 0) is 0 Å². The topological polar surface area (TPSA) is 47.6 Å². The highest BCUT2D eigenvalue weighted by atomic mass is 31.2. The van der Waals surface area contributed by atoms with Crippen molar-refractivity contribution in [1.82, 2.24) is 5.09 Å². The Hall–Kier alpha value is -0.520. The van der Waals surface area contributed by atoms with Crippen molar-refractivity contribution in [3.63, 3.8) is 0 Å². The van der Waals surface area contributed by atoms with Crippen LogP contribution in [0.25, 0.3) is 0 Å². The summed E-state index contributed by atoms with van der Waals surface area (Å²) in [5, 5.41) is 0.867. The first-order valence-electron chi connectivity index (χ1n) is 4.46. The molecule has 0 aliphatic carbocycles. The monoisotopic (exact) mass is 343 g/mol. The SMILES string of the molecule is O=P(NCC(F)(F)F)(OCC(F)(F)F)OCC(F)(F)F. The van der Waals surface area contributed by atoms with E-state index < -0.39 is 46.0 Å². The standard InChI is InChI=1S/C6H7F9NO3P/c7-4(8,9)1-16-20(17,18-2-5(10,11)12)19-3-6(13,14)15/h1-3H2,(H,16,17). The Morgan fingerprint density at radius 1 is 0.750 bits per heavy atom. The summed E-state index contributed by atoms with van der Waals surface area (Å²) in [6.07, 6.45) is -15.3. The molecule has 0 aromatic carbocycles. The summed E-state index contributed by atoms with van der Waals surface area (Å²) in [6, 6.07) is 0. The summed E-state index contributed by atoms with van der Waals surface area (Å²) in [6.45, 7) is -6.83. The van der Waals surface area contributed by atoms with E-state index in [1.165, 1.54) is 0 Å². The number of alkyl halides is 9. The van der Waals surface area contributed by atoms with Gasteiger partial charge >= 0.3 is 26.3 Å². The van der Waals surface area contributed by atoms with Crippen LogP contribution in [0.15, 0.2) is 0 Å². The maximum absolute atomic E-state index is 11.8. The van der Waals surface area contributed by atoms with Crippen LogP contribution in [0.5, 0.6) is 0 Å². The molecule has 0 unspecified atom stereocenters. The van der Waals surface area contributed by atoms with E-state index in [2.05, 4.69) is 9.05 Å². The highest BCUT2D eigenvalue weighted by Gasteiger charge is 2.40. The fourth-order valence-corrected chi connectivity index (χ4v) is 1.89. The van der Waals surface area contributed by atoms with Gasteiger partial charge in [0.05, 0.1) is 0 Å². The maximum Gasteiger partial charge on any atom is 0.412 e. The van der Waals surface area contributed by atoms with Gasteiger partial charge in [0.15, 0.2) is 13.2 Å². The molecule has 0 aromatic rings. The molecule has 0 aliphatic heterocycles. The van der Waals surface area contributed by atoms with Gasteiger partial charge in [-0.1, -0.05) is 0 Å². The first kappa shape index (κ1) is 19.5. The number of halogens is 9. The van der Waals surface area contributed by atoms with Crippen molar-refractivity contribution in [2.45, 2.75) is 18.5 Å². The van der Waals surface area contributed by atoms with Crippen molar-refractivity contribution < 1.29 is 53.1 Å². The number of nitrogens with one attached hydrogen (secondary N) is 1. The van der Waals surface area contributed by atoms with E-state index >= 15 is 0 Å². The average Bonchev–Trinajstić information content (AvgIpc) is 2.18. The van der Waals surface area contributed by atoms with Gasteiger partial charge in [-0.25, -0.2) is 9.65 Å². The molecule has 0 bridgehead atoms. The highest BCUT2D eigenvalue weighted by molar-refractivity contribution is 7.51. The van der Waals surface area contributed by atoms with Crippen molar-refractivity contribution in [3.05, 3.63) is 0 Å². The van der Waals surface area contributed by atoms with Gasteiger partial charge in [0.2, 0.25) is 0 Å². The first-order valence-corrected chi connectivity index (χ1v) is 6.01. The Balaban J connectivity index is 4.71. The molecule has 122 valence electrons. The minimum absolute atomic E-state index is 0.867.